The van der Waals surface area contributed by atoms with Gasteiger partial charge >= 0.3 is 0 Å². The number of anilines is 1. The number of hydrogen-bond acceptors (Lipinski definition) is 5. The van der Waals surface area contributed by atoms with Gasteiger partial charge in [-0.05, 0) is 36.5 Å². The smallest absolute Gasteiger partial charge is 0.142 e. The molecule has 0 bridgehead atoms. The van der Waals surface area contributed by atoms with Crippen molar-refractivity contribution in [3.05, 3.63) is 91.2 Å². The van der Waals surface area contributed by atoms with Gasteiger partial charge in [-0.1, -0.05) is 62.8 Å². The number of benzene rings is 1. The van der Waals surface area contributed by atoms with Gasteiger partial charge in [0, 0.05) is 55.0 Å². The molecule has 3 heterocycles. The van der Waals surface area contributed by atoms with E-state index < -0.39 is 0 Å². The van der Waals surface area contributed by atoms with Crippen molar-refractivity contribution in [2.24, 2.45) is 5.92 Å². The minimum Gasteiger partial charge on any atom is -0.372 e. The lowest BCUT2D eigenvalue weighted by Crippen LogP contribution is -2.45. The van der Waals surface area contributed by atoms with Gasteiger partial charge in [-0.3, -0.25) is 4.98 Å². The summed E-state index contributed by atoms with van der Waals surface area (Å²) in [5.41, 5.74) is 8.83. The highest BCUT2D eigenvalue weighted by Crippen LogP contribution is 2.34. The summed E-state index contributed by atoms with van der Waals surface area (Å²) in [4.78, 5) is 11.8. The molecule has 180 valence electrons. The van der Waals surface area contributed by atoms with Crippen LogP contribution in [0.25, 0.3) is 11.4 Å². The molecule has 1 N–H and O–H groups in total. The monoisotopic (exact) mass is 465 g/mol. The Morgan fingerprint density at radius 1 is 1.03 bits per heavy atom. The highest BCUT2D eigenvalue weighted by atomic mass is 15.3. The SMILES string of the molecule is Bc1cnc(CN2C(=C)NC(=C)c3ccccc32)cc1C(=C)N1CCN(C(=C)C2CCCC2)CC1. The van der Waals surface area contributed by atoms with E-state index in [-0.39, 0.29) is 0 Å². The molecular weight excluding hydrogens is 429 g/mol. The molecule has 0 atom stereocenters. The van der Waals surface area contributed by atoms with Gasteiger partial charge in [-0.25, -0.2) is 0 Å². The van der Waals surface area contributed by atoms with Crippen LogP contribution in [-0.2, 0) is 6.54 Å². The van der Waals surface area contributed by atoms with Gasteiger partial charge < -0.3 is 20.0 Å². The van der Waals surface area contributed by atoms with E-state index in [4.69, 9.17) is 4.98 Å². The first-order valence-corrected chi connectivity index (χ1v) is 12.8. The standard InChI is InChI=1S/C29H36BN5/c1-20-26-11-7-8-12-29(26)35(23(4)32-20)19-25-17-27(28(30)18-31-25)22(3)34-15-13-33(14-16-34)21(2)24-9-5-6-10-24/h7-8,11-12,17-18,24,32H,1-6,9-10,13-16,19,30H2. The summed E-state index contributed by atoms with van der Waals surface area (Å²) in [5, 5.41) is 3.31. The molecule has 2 fully saturated rings. The summed E-state index contributed by atoms with van der Waals surface area (Å²) >= 11 is 0. The Labute approximate surface area is 210 Å². The van der Waals surface area contributed by atoms with Crippen LogP contribution in [0.15, 0.2) is 74.4 Å². The van der Waals surface area contributed by atoms with Crippen molar-refractivity contribution in [2.45, 2.75) is 32.2 Å². The van der Waals surface area contributed by atoms with Gasteiger partial charge in [-0.2, -0.15) is 0 Å². The van der Waals surface area contributed by atoms with E-state index in [1.807, 2.05) is 12.3 Å². The number of aromatic nitrogens is 1. The molecule has 1 aliphatic carbocycles. The third-order valence-corrected chi connectivity index (χ3v) is 7.83. The highest BCUT2D eigenvalue weighted by Gasteiger charge is 2.27. The van der Waals surface area contributed by atoms with Gasteiger partial charge in [0.25, 0.3) is 0 Å². The summed E-state index contributed by atoms with van der Waals surface area (Å²) in [6.07, 6.45) is 7.29. The molecule has 1 saturated heterocycles. The van der Waals surface area contributed by atoms with Crippen LogP contribution in [0.2, 0.25) is 0 Å². The van der Waals surface area contributed by atoms with Crippen molar-refractivity contribution >= 4 is 30.4 Å². The summed E-state index contributed by atoms with van der Waals surface area (Å²) in [5.74, 6) is 1.51. The summed E-state index contributed by atoms with van der Waals surface area (Å²) in [6.45, 7) is 22.0. The molecule has 0 amide bonds. The zero-order chi connectivity index (χ0) is 24.5. The topological polar surface area (TPSA) is 34.6 Å². The zero-order valence-electron chi connectivity index (χ0n) is 21.0. The average Bonchev–Trinajstić information content (AvgIpc) is 3.42. The molecule has 0 spiro atoms. The Kier molecular flexibility index (Phi) is 6.46. The second-order valence-corrected chi connectivity index (χ2v) is 10.0. The fourth-order valence-electron chi connectivity index (χ4n) is 5.68. The fourth-order valence-corrected chi connectivity index (χ4v) is 5.68. The first kappa shape index (κ1) is 23.3. The summed E-state index contributed by atoms with van der Waals surface area (Å²) in [7, 11) is 2.12. The number of pyridine rings is 1. The molecular formula is C29H36BN5. The van der Waals surface area contributed by atoms with E-state index in [0.29, 0.717) is 12.5 Å². The number of nitrogens with one attached hydrogen (secondary N) is 1. The lowest BCUT2D eigenvalue weighted by Gasteiger charge is -2.40. The minimum atomic E-state index is 0.631. The van der Waals surface area contributed by atoms with Crippen LogP contribution >= 0.6 is 0 Å². The van der Waals surface area contributed by atoms with E-state index >= 15 is 0 Å². The van der Waals surface area contributed by atoms with Gasteiger partial charge in [0.05, 0.1) is 17.9 Å². The van der Waals surface area contributed by atoms with Crippen LogP contribution in [0, 0.1) is 5.92 Å². The van der Waals surface area contributed by atoms with Crippen molar-refractivity contribution in [1.82, 2.24) is 20.1 Å². The molecule has 2 aromatic rings. The Morgan fingerprint density at radius 2 is 1.71 bits per heavy atom. The molecule has 35 heavy (non-hydrogen) atoms. The van der Waals surface area contributed by atoms with Crippen LogP contribution in [0.1, 0.15) is 42.5 Å². The van der Waals surface area contributed by atoms with Crippen LogP contribution in [0.5, 0.6) is 0 Å². The van der Waals surface area contributed by atoms with Crippen LogP contribution in [-0.4, -0.2) is 48.8 Å². The van der Waals surface area contributed by atoms with E-state index in [1.165, 1.54) is 36.9 Å². The van der Waals surface area contributed by atoms with Crippen LogP contribution in [0.3, 0.4) is 0 Å². The van der Waals surface area contributed by atoms with Crippen LogP contribution < -0.4 is 15.7 Å². The van der Waals surface area contributed by atoms with E-state index in [1.54, 1.807) is 0 Å². The third kappa shape index (κ3) is 4.62. The van der Waals surface area contributed by atoms with Crippen molar-refractivity contribution in [3.8, 4) is 0 Å². The predicted molar refractivity (Wildman–Crippen MR) is 150 cm³/mol. The van der Waals surface area contributed by atoms with E-state index in [2.05, 4.69) is 78.4 Å². The van der Waals surface area contributed by atoms with E-state index in [9.17, 15) is 0 Å². The van der Waals surface area contributed by atoms with Gasteiger partial charge in [-0.15, -0.1) is 0 Å². The van der Waals surface area contributed by atoms with Gasteiger partial charge in [0.15, 0.2) is 0 Å². The predicted octanol–water partition coefficient (Wildman–Crippen LogP) is 3.68. The normalized spacial score (nSPS) is 18.5. The summed E-state index contributed by atoms with van der Waals surface area (Å²) in [6, 6.07) is 10.5. The van der Waals surface area contributed by atoms with Crippen LogP contribution in [0.4, 0.5) is 5.69 Å². The molecule has 0 radical (unpaired) electrons. The molecule has 2 aliphatic heterocycles. The summed E-state index contributed by atoms with van der Waals surface area (Å²) < 4.78 is 0. The lowest BCUT2D eigenvalue weighted by molar-refractivity contribution is 0.198. The lowest BCUT2D eigenvalue weighted by atomic mass is 9.90. The first-order chi connectivity index (χ1) is 16.9. The number of allylic oxidation sites excluding steroid dienone is 1. The number of piperazine rings is 1. The maximum atomic E-state index is 4.75. The molecule has 1 aromatic carbocycles. The zero-order valence-corrected chi connectivity index (χ0v) is 21.0. The van der Waals surface area contributed by atoms with E-state index in [0.717, 1.165) is 65.8 Å². The number of nitrogens with zero attached hydrogens (tertiary/aromatic N) is 4. The molecule has 3 aliphatic rings. The number of para-hydroxylation sites is 1. The van der Waals surface area contributed by atoms with Crippen molar-refractivity contribution < 1.29 is 0 Å². The van der Waals surface area contributed by atoms with Crippen molar-refractivity contribution in [1.29, 1.82) is 0 Å². The second kappa shape index (κ2) is 9.69. The Bertz CT molecular complexity index is 1170. The number of hydrogen-bond donors (Lipinski definition) is 1. The van der Waals surface area contributed by atoms with Crippen molar-refractivity contribution in [3.63, 3.8) is 0 Å². The molecule has 5 nitrogen and oxygen atoms in total. The number of fused-ring (bicyclic) bond motifs is 1. The molecule has 0 unspecified atom stereocenters. The Morgan fingerprint density at radius 3 is 2.46 bits per heavy atom. The minimum absolute atomic E-state index is 0.631. The molecule has 1 saturated carbocycles. The quantitative estimate of drug-likeness (QED) is 0.659. The molecule has 6 heteroatoms. The first-order valence-electron chi connectivity index (χ1n) is 12.8. The average molecular weight is 465 g/mol. The Hall–Kier alpha value is -3.41. The van der Waals surface area contributed by atoms with Crippen molar-refractivity contribution in [2.75, 3.05) is 31.1 Å². The maximum Gasteiger partial charge on any atom is 0.142 e. The third-order valence-electron chi connectivity index (χ3n) is 7.83. The Balaban J connectivity index is 1.29. The molecule has 1 aromatic heterocycles. The molecule has 5 rings (SSSR count). The largest absolute Gasteiger partial charge is 0.372 e. The highest BCUT2D eigenvalue weighted by molar-refractivity contribution is 6.34. The maximum absolute atomic E-state index is 4.75. The fraction of sp³-hybridized carbons (Fsp3) is 0.345. The number of rotatable bonds is 6. The second-order valence-electron chi connectivity index (χ2n) is 10.0. The van der Waals surface area contributed by atoms with Gasteiger partial charge in [0.2, 0.25) is 0 Å². The van der Waals surface area contributed by atoms with Gasteiger partial charge in [0.1, 0.15) is 13.7 Å².